The van der Waals surface area contributed by atoms with E-state index in [4.69, 9.17) is 0 Å². The van der Waals surface area contributed by atoms with Crippen molar-refractivity contribution in [1.82, 2.24) is 0 Å². The summed E-state index contributed by atoms with van der Waals surface area (Å²) < 4.78 is 0. The molecule has 0 bridgehead atoms. The molecule has 0 saturated carbocycles. The molecule has 46 heavy (non-hydrogen) atoms. The minimum absolute atomic E-state index is 1.22. The maximum atomic E-state index is 2.42. The van der Waals surface area contributed by atoms with Gasteiger partial charge in [0.2, 0.25) is 0 Å². The van der Waals surface area contributed by atoms with Crippen LogP contribution in [0.3, 0.4) is 0 Å². The molecule has 0 nitrogen and oxygen atoms in total. The fourth-order valence-corrected chi connectivity index (χ4v) is 7.34. The minimum atomic E-state index is 1.22. The Morgan fingerprint density at radius 3 is 1.26 bits per heavy atom. The Morgan fingerprint density at radius 2 is 0.630 bits per heavy atom. The van der Waals surface area contributed by atoms with Gasteiger partial charge in [-0.2, -0.15) is 0 Å². The molecule has 0 aliphatic rings. The Balaban J connectivity index is 1.31. The SMILES string of the molecule is c1ccc(-c2c3ccccc3c(-c3ccc(-c4cccc5ccccc45)cc3)c3ccc(-c4cccc5ccccc45)cc23)cc1. The number of benzene rings is 9. The fourth-order valence-electron chi connectivity index (χ4n) is 7.34. The molecule has 0 spiro atoms. The van der Waals surface area contributed by atoms with Crippen LogP contribution >= 0.6 is 0 Å². The van der Waals surface area contributed by atoms with Crippen LogP contribution in [0.2, 0.25) is 0 Å². The Morgan fingerprint density at radius 1 is 0.217 bits per heavy atom. The maximum absolute atomic E-state index is 2.42. The molecule has 9 aromatic carbocycles. The van der Waals surface area contributed by atoms with Gasteiger partial charge in [-0.25, -0.2) is 0 Å². The van der Waals surface area contributed by atoms with Crippen molar-refractivity contribution in [3.8, 4) is 44.5 Å². The van der Waals surface area contributed by atoms with Gasteiger partial charge in [0.05, 0.1) is 0 Å². The number of rotatable bonds is 4. The molecular weight excluding hydrogens is 553 g/mol. The van der Waals surface area contributed by atoms with Gasteiger partial charge in [-0.15, -0.1) is 0 Å². The zero-order valence-electron chi connectivity index (χ0n) is 25.3. The molecule has 9 rings (SSSR count). The van der Waals surface area contributed by atoms with E-state index in [0.29, 0.717) is 0 Å². The van der Waals surface area contributed by atoms with Crippen LogP contribution in [0.5, 0.6) is 0 Å². The third-order valence-electron chi connectivity index (χ3n) is 9.46. The average Bonchev–Trinajstić information content (AvgIpc) is 3.13. The van der Waals surface area contributed by atoms with E-state index >= 15 is 0 Å². The number of fused-ring (bicyclic) bond motifs is 4. The summed E-state index contributed by atoms with van der Waals surface area (Å²) in [5.74, 6) is 0. The molecule has 0 N–H and O–H groups in total. The standard InChI is InChI=1S/C46H30/c1-2-14-34(15-3-1)46-42-21-9-8-20-41(42)45(35-26-24-33(25-27-35)39-22-10-16-31-12-4-6-18-37(31)39)43-29-28-36(30-44(43)46)40-23-11-17-32-13-5-7-19-38(32)40/h1-30H. The van der Waals surface area contributed by atoms with Crippen molar-refractivity contribution in [1.29, 1.82) is 0 Å². The quantitative estimate of drug-likeness (QED) is 0.181. The van der Waals surface area contributed by atoms with E-state index in [9.17, 15) is 0 Å². The van der Waals surface area contributed by atoms with Crippen LogP contribution in [0.25, 0.3) is 87.6 Å². The Labute approximate surface area is 268 Å². The highest BCUT2D eigenvalue weighted by molar-refractivity contribution is 6.22. The summed E-state index contributed by atoms with van der Waals surface area (Å²) in [6.45, 7) is 0. The molecule has 9 aromatic rings. The largest absolute Gasteiger partial charge is 0.0622 e. The molecular formula is C46H30. The van der Waals surface area contributed by atoms with Crippen molar-refractivity contribution in [2.75, 3.05) is 0 Å². The van der Waals surface area contributed by atoms with Crippen molar-refractivity contribution in [2.45, 2.75) is 0 Å². The van der Waals surface area contributed by atoms with Gasteiger partial charge in [0.25, 0.3) is 0 Å². The number of hydrogen-bond donors (Lipinski definition) is 0. The van der Waals surface area contributed by atoms with Gasteiger partial charge >= 0.3 is 0 Å². The minimum Gasteiger partial charge on any atom is -0.0622 e. The van der Waals surface area contributed by atoms with Gasteiger partial charge in [-0.3, -0.25) is 0 Å². The smallest absolute Gasteiger partial charge is 0.00262 e. The molecule has 0 amide bonds. The van der Waals surface area contributed by atoms with Crippen molar-refractivity contribution >= 4 is 43.1 Å². The second kappa shape index (κ2) is 10.9. The zero-order chi connectivity index (χ0) is 30.5. The van der Waals surface area contributed by atoms with Gasteiger partial charge in [-0.1, -0.05) is 176 Å². The molecule has 214 valence electrons. The van der Waals surface area contributed by atoms with Gasteiger partial charge in [0, 0.05) is 0 Å². The molecule has 0 heterocycles. The van der Waals surface area contributed by atoms with E-state index in [1.807, 2.05) is 0 Å². The van der Waals surface area contributed by atoms with Crippen LogP contribution < -0.4 is 0 Å². The summed E-state index contributed by atoms with van der Waals surface area (Å²) in [4.78, 5) is 0. The van der Waals surface area contributed by atoms with Crippen LogP contribution in [0.15, 0.2) is 182 Å². The van der Waals surface area contributed by atoms with Crippen LogP contribution in [0.4, 0.5) is 0 Å². The molecule has 0 saturated heterocycles. The van der Waals surface area contributed by atoms with Crippen LogP contribution in [0, 0.1) is 0 Å². The second-order valence-corrected chi connectivity index (χ2v) is 12.1. The Hall–Kier alpha value is -5.98. The van der Waals surface area contributed by atoms with E-state index < -0.39 is 0 Å². The third kappa shape index (κ3) is 4.30. The monoisotopic (exact) mass is 582 g/mol. The maximum Gasteiger partial charge on any atom is -0.00262 e. The van der Waals surface area contributed by atoms with Crippen LogP contribution in [-0.4, -0.2) is 0 Å². The highest BCUT2D eigenvalue weighted by atomic mass is 14.2. The molecule has 0 aliphatic heterocycles. The van der Waals surface area contributed by atoms with Crippen LogP contribution in [0.1, 0.15) is 0 Å². The predicted molar refractivity (Wildman–Crippen MR) is 198 cm³/mol. The highest BCUT2D eigenvalue weighted by Gasteiger charge is 2.18. The third-order valence-corrected chi connectivity index (χ3v) is 9.46. The lowest BCUT2D eigenvalue weighted by Gasteiger charge is -2.19. The van der Waals surface area contributed by atoms with E-state index in [1.165, 1.54) is 87.6 Å². The molecule has 0 aromatic heterocycles. The predicted octanol–water partition coefficient (Wildman–Crippen LogP) is 13.0. The van der Waals surface area contributed by atoms with Crippen molar-refractivity contribution in [3.05, 3.63) is 182 Å². The van der Waals surface area contributed by atoms with Gasteiger partial charge in [-0.05, 0) is 93.7 Å². The molecule has 0 heteroatoms. The summed E-state index contributed by atoms with van der Waals surface area (Å²) in [5, 5.41) is 10.1. The number of hydrogen-bond acceptors (Lipinski definition) is 0. The summed E-state index contributed by atoms with van der Waals surface area (Å²) in [6, 6.07) is 66.5. The second-order valence-electron chi connectivity index (χ2n) is 12.1. The van der Waals surface area contributed by atoms with E-state index in [1.54, 1.807) is 0 Å². The molecule has 0 atom stereocenters. The lowest BCUT2D eigenvalue weighted by atomic mass is 9.84. The first kappa shape index (κ1) is 26.4. The first-order chi connectivity index (χ1) is 22.8. The van der Waals surface area contributed by atoms with Crippen molar-refractivity contribution in [3.63, 3.8) is 0 Å². The van der Waals surface area contributed by atoms with E-state index in [2.05, 4.69) is 182 Å². The first-order valence-electron chi connectivity index (χ1n) is 15.9. The summed E-state index contributed by atoms with van der Waals surface area (Å²) in [6.07, 6.45) is 0. The lowest BCUT2D eigenvalue weighted by molar-refractivity contribution is 1.63. The van der Waals surface area contributed by atoms with Gasteiger partial charge < -0.3 is 0 Å². The van der Waals surface area contributed by atoms with E-state index in [-0.39, 0.29) is 0 Å². The lowest BCUT2D eigenvalue weighted by Crippen LogP contribution is -1.92. The molecule has 0 radical (unpaired) electrons. The van der Waals surface area contributed by atoms with Crippen molar-refractivity contribution in [2.24, 2.45) is 0 Å². The summed E-state index contributed by atoms with van der Waals surface area (Å²) in [7, 11) is 0. The molecule has 0 unspecified atom stereocenters. The molecule has 0 aliphatic carbocycles. The first-order valence-corrected chi connectivity index (χ1v) is 15.9. The van der Waals surface area contributed by atoms with Crippen LogP contribution in [-0.2, 0) is 0 Å². The Kier molecular flexibility index (Phi) is 6.25. The summed E-state index contributed by atoms with van der Waals surface area (Å²) >= 11 is 0. The van der Waals surface area contributed by atoms with Gasteiger partial charge in [0.1, 0.15) is 0 Å². The normalized spacial score (nSPS) is 11.5. The van der Waals surface area contributed by atoms with Crippen molar-refractivity contribution < 1.29 is 0 Å². The fraction of sp³-hybridized carbons (Fsp3) is 0. The Bertz CT molecular complexity index is 2540. The molecule has 0 fully saturated rings. The summed E-state index contributed by atoms with van der Waals surface area (Å²) in [5.41, 5.74) is 10.00. The van der Waals surface area contributed by atoms with E-state index in [0.717, 1.165) is 0 Å². The highest BCUT2D eigenvalue weighted by Crippen LogP contribution is 2.45. The zero-order valence-corrected chi connectivity index (χ0v) is 25.3. The van der Waals surface area contributed by atoms with Gasteiger partial charge in [0.15, 0.2) is 0 Å². The average molecular weight is 583 g/mol. The topological polar surface area (TPSA) is 0 Å².